The molecular weight excluding hydrogens is 268 g/mol. The summed E-state index contributed by atoms with van der Waals surface area (Å²) in [6.07, 6.45) is 2.04. The average molecular weight is 287 g/mol. The van der Waals surface area contributed by atoms with Crippen LogP contribution in [0.3, 0.4) is 0 Å². The standard InChI is InChI=1S/C13H19ClN2OS/c1-8-3-4-16(10(5-8)6-15)13(17)12-11(14)9(2)7-18-12/h7-8,10H,3-6,15H2,1-2H3. The smallest absolute Gasteiger partial charge is 0.265 e. The Morgan fingerprint density at radius 2 is 2.39 bits per heavy atom. The molecule has 0 spiro atoms. The van der Waals surface area contributed by atoms with Crippen molar-refractivity contribution in [2.45, 2.75) is 32.7 Å². The third kappa shape index (κ3) is 2.56. The van der Waals surface area contributed by atoms with E-state index >= 15 is 0 Å². The first-order valence-electron chi connectivity index (χ1n) is 6.29. The van der Waals surface area contributed by atoms with Gasteiger partial charge in [0.05, 0.1) is 5.02 Å². The van der Waals surface area contributed by atoms with Gasteiger partial charge in [0.15, 0.2) is 0 Å². The monoisotopic (exact) mass is 286 g/mol. The van der Waals surface area contributed by atoms with Gasteiger partial charge in [0, 0.05) is 19.1 Å². The van der Waals surface area contributed by atoms with Crippen molar-refractivity contribution in [3.8, 4) is 0 Å². The molecule has 2 N–H and O–H groups in total. The summed E-state index contributed by atoms with van der Waals surface area (Å²) in [5, 5.41) is 2.53. The van der Waals surface area contributed by atoms with Crippen LogP contribution in [0.2, 0.25) is 5.02 Å². The van der Waals surface area contributed by atoms with Crippen molar-refractivity contribution < 1.29 is 4.79 Å². The third-order valence-corrected chi connectivity index (χ3v) is 5.29. The zero-order chi connectivity index (χ0) is 13.3. The van der Waals surface area contributed by atoms with Gasteiger partial charge in [0.1, 0.15) is 4.88 Å². The summed E-state index contributed by atoms with van der Waals surface area (Å²) >= 11 is 7.60. The largest absolute Gasteiger partial charge is 0.334 e. The van der Waals surface area contributed by atoms with Crippen molar-refractivity contribution in [1.82, 2.24) is 4.90 Å². The SMILES string of the molecule is Cc1csc(C(=O)N2CCC(C)CC2CN)c1Cl. The molecule has 1 aromatic heterocycles. The first-order valence-corrected chi connectivity index (χ1v) is 7.55. The van der Waals surface area contributed by atoms with E-state index in [1.54, 1.807) is 0 Å². The number of thiophene rings is 1. The lowest BCUT2D eigenvalue weighted by Gasteiger charge is -2.37. The van der Waals surface area contributed by atoms with Crippen molar-refractivity contribution >= 4 is 28.8 Å². The fourth-order valence-corrected chi connectivity index (χ4v) is 3.68. The number of nitrogens with zero attached hydrogens (tertiary/aromatic N) is 1. The molecule has 0 aromatic carbocycles. The van der Waals surface area contributed by atoms with E-state index in [9.17, 15) is 4.79 Å². The molecule has 2 heterocycles. The van der Waals surface area contributed by atoms with Crippen molar-refractivity contribution in [3.05, 3.63) is 20.8 Å². The molecule has 0 radical (unpaired) electrons. The highest BCUT2D eigenvalue weighted by Crippen LogP contribution is 2.31. The topological polar surface area (TPSA) is 46.3 Å². The van der Waals surface area contributed by atoms with E-state index in [2.05, 4.69) is 6.92 Å². The first kappa shape index (κ1) is 13.8. The minimum atomic E-state index is 0.0421. The maximum absolute atomic E-state index is 12.5. The van der Waals surface area contributed by atoms with Gasteiger partial charge in [0.25, 0.3) is 5.91 Å². The maximum atomic E-state index is 12.5. The lowest BCUT2D eigenvalue weighted by atomic mass is 9.92. The van der Waals surface area contributed by atoms with E-state index in [0.29, 0.717) is 22.4 Å². The van der Waals surface area contributed by atoms with E-state index in [1.165, 1.54) is 11.3 Å². The molecule has 1 aromatic rings. The van der Waals surface area contributed by atoms with Crippen LogP contribution in [0.25, 0.3) is 0 Å². The van der Waals surface area contributed by atoms with Crippen LogP contribution in [0.1, 0.15) is 35.0 Å². The number of rotatable bonds is 2. The Kier molecular flexibility index (Phi) is 4.30. The predicted molar refractivity (Wildman–Crippen MR) is 76.3 cm³/mol. The molecule has 100 valence electrons. The van der Waals surface area contributed by atoms with Crippen molar-refractivity contribution in [2.24, 2.45) is 11.7 Å². The molecule has 18 heavy (non-hydrogen) atoms. The molecule has 0 saturated carbocycles. The Morgan fingerprint density at radius 1 is 1.67 bits per heavy atom. The van der Waals surface area contributed by atoms with Gasteiger partial charge in [-0.2, -0.15) is 0 Å². The van der Waals surface area contributed by atoms with E-state index in [1.807, 2.05) is 17.2 Å². The van der Waals surface area contributed by atoms with Gasteiger partial charge < -0.3 is 10.6 Å². The molecular formula is C13H19ClN2OS. The molecule has 2 unspecified atom stereocenters. The highest BCUT2D eigenvalue weighted by Gasteiger charge is 2.31. The lowest BCUT2D eigenvalue weighted by molar-refractivity contribution is 0.0579. The van der Waals surface area contributed by atoms with Gasteiger partial charge in [-0.15, -0.1) is 11.3 Å². The summed E-state index contributed by atoms with van der Waals surface area (Å²) in [7, 11) is 0. The zero-order valence-electron chi connectivity index (χ0n) is 10.8. The van der Waals surface area contributed by atoms with Crippen LogP contribution in [0.5, 0.6) is 0 Å². The Bertz CT molecular complexity index is 446. The quantitative estimate of drug-likeness (QED) is 0.909. The average Bonchev–Trinajstić information content (AvgIpc) is 2.69. The number of nitrogens with two attached hydrogens (primary N) is 1. The molecule has 5 heteroatoms. The van der Waals surface area contributed by atoms with Gasteiger partial charge in [-0.1, -0.05) is 18.5 Å². The van der Waals surface area contributed by atoms with Crippen LogP contribution < -0.4 is 5.73 Å². The van der Waals surface area contributed by atoms with Gasteiger partial charge in [0.2, 0.25) is 0 Å². The predicted octanol–water partition coefficient (Wildman–Crippen LogP) is 2.91. The Morgan fingerprint density at radius 3 is 2.94 bits per heavy atom. The second-order valence-corrected chi connectivity index (χ2v) is 6.34. The summed E-state index contributed by atoms with van der Waals surface area (Å²) in [6.45, 7) is 5.45. The summed E-state index contributed by atoms with van der Waals surface area (Å²) in [5.41, 5.74) is 6.76. The molecule has 2 rings (SSSR count). The zero-order valence-corrected chi connectivity index (χ0v) is 12.4. The number of halogens is 1. The minimum Gasteiger partial charge on any atom is -0.334 e. The number of aryl methyl sites for hydroxylation is 1. The summed E-state index contributed by atoms with van der Waals surface area (Å²) in [6, 6.07) is 0.153. The highest BCUT2D eigenvalue weighted by atomic mass is 35.5. The molecule has 3 nitrogen and oxygen atoms in total. The van der Waals surface area contributed by atoms with E-state index in [0.717, 1.165) is 24.9 Å². The Labute approximate surface area is 117 Å². The highest BCUT2D eigenvalue weighted by molar-refractivity contribution is 7.13. The second kappa shape index (κ2) is 5.59. The van der Waals surface area contributed by atoms with Crippen molar-refractivity contribution in [3.63, 3.8) is 0 Å². The summed E-state index contributed by atoms with van der Waals surface area (Å²) in [4.78, 5) is 15.1. The minimum absolute atomic E-state index is 0.0421. The van der Waals surface area contributed by atoms with Gasteiger partial charge in [-0.3, -0.25) is 4.79 Å². The molecule has 0 bridgehead atoms. The molecule has 2 atom stereocenters. The van der Waals surface area contributed by atoms with E-state index in [-0.39, 0.29) is 11.9 Å². The van der Waals surface area contributed by atoms with Crippen LogP contribution in [0.4, 0.5) is 0 Å². The molecule has 1 fully saturated rings. The van der Waals surface area contributed by atoms with Crippen molar-refractivity contribution in [1.29, 1.82) is 0 Å². The Balaban J connectivity index is 2.20. The molecule has 1 amide bonds. The first-order chi connectivity index (χ1) is 8.54. The molecule has 1 aliphatic rings. The fraction of sp³-hybridized carbons (Fsp3) is 0.615. The summed E-state index contributed by atoms with van der Waals surface area (Å²) in [5.74, 6) is 0.684. The van der Waals surface area contributed by atoms with Crippen molar-refractivity contribution in [2.75, 3.05) is 13.1 Å². The number of hydrogen-bond donors (Lipinski definition) is 1. The van der Waals surface area contributed by atoms with Crippen LogP contribution >= 0.6 is 22.9 Å². The third-order valence-electron chi connectivity index (χ3n) is 3.60. The molecule has 1 aliphatic heterocycles. The number of carbonyl (C=O) groups is 1. The van der Waals surface area contributed by atoms with Crippen LogP contribution in [-0.2, 0) is 0 Å². The van der Waals surface area contributed by atoms with E-state index < -0.39 is 0 Å². The molecule has 1 saturated heterocycles. The number of likely N-dealkylation sites (tertiary alicyclic amines) is 1. The number of hydrogen-bond acceptors (Lipinski definition) is 3. The number of piperidine rings is 1. The summed E-state index contributed by atoms with van der Waals surface area (Å²) < 4.78 is 0. The number of amides is 1. The lowest BCUT2D eigenvalue weighted by Crippen LogP contribution is -2.49. The van der Waals surface area contributed by atoms with E-state index in [4.69, 9.17) is 17.3 Å². The van der Waals surface area contributed by atoms with Gasteiger partial charge >= 0.3 is 0 Å². The van der Waals surface area contributed by atoms with Gasteiger partial charge in [-0.05, 0) is 36.6 Å². The van der Waals surface area contributed by atoms with Gasteiger partial charge in [-0.25, -0.2) is 0 Å². The fourth-order valence-electron chi connectivity index (χ4n) is 2.45. The van der Waals surface area contributed by atoms with Crippen LogP contribution in [0, 0.1) is 12.8 Å². The number of carbonyl (C=O) groups excluding carboxylic acids is 1. The van der Waals surface area contributed by atoms with Crippen LogP contribution in [0.15, 0.2) is 5.38 Å². The molecule has 0 aliphatic carbocycles. The maximum Gasteiger partial charge on any atom is 0.265 e. The normalized spacial score (nSPS) is 24.3. The Hall–Kier alpha value is -0.580. The second-order valence-electron chi connectivity index (χ2n) is 5.08. The van der Waals surface area contributed by atoms with Crippen LogP contribution in [-0.4, -0.2) is 29.9 Å².